The molecule has 0 aliphatic carbocycles. The molecule has 0 radical (unpaired) electrons. The summed E-state index contributed by atoms with van der Waals surface area (Å²) in [7, 11) is -7.02. The zero-order chi connectivity index (χ0) is 30.5. The lowest BCUT2D eigenvalue weighted by Gasteiger charge is -2.24. The van der Waals surface area contributed by atoms with Crippen LogP contribution in [0.3, 0.4) is 0 Å². The van der Waals surface area contributed by atoms with Gasteiger partial charge in [0.25, 0.3) is 0 Å². The minimum atomic E-state index is -3.56. The van der Waals surface area contributed by atoms with Gasteiger partial charge in [-0.05, 0) is 62.3 Å². The molecular formula is C24H47N3O11P2. The van der Waals surface area contributed by atoms with Gasteiger partial charge in [-0.15, -0.1) is 0 Å². The fraction of sp³-hybridized carbons (Fsp3) is 0.833. The van der Waals surface area contributed by atoms with Gasteiger partial charge < -0.3 is 47.9 Å². The molecule has 0 fully saturated rings. The molecule has 0 saturated carbocycles. The summed E-state index contributed by atoms with van der Waals surface area (Å²) in [5.74, 6) is 0.0702. The summed E-state index contributed by atoms with van der Waals surface area (Å²) in [6.45, 7) is 15.2. The van der Waals surface area contributed by atoms with E-state index in [2.05, 4.69) is 9.97 Å². The monoisotopic (exact) mass is 615 g/mol. The van der Waals surface area contributed by atoms with Crippen LogP contribution in [0.25, 0.3) is 0 Å². The Bertz CT molecular complexity index is 938. The second-order valence-electron chi connectivity index (χ2n) is 10.1. The van der Waals surface area contributed by atoms with Crippen molar-refractivity contribution in [3.63, 3.8) is 0 Å². The van der Waals surface area contributed by atoms with E-state index in [1.165, 1.54) is 6.07 Å². The minimum absolute atomic E-state index is 0.0443. The van der Waals surface area contributed by atoms with E-state index in [1.54, 1.807) is 62.3 Å². The van der Waals surface area contributed by atoms with E-state index < -0.39 is 34.0 Å². The van der Waals surface area contributed by atoms with Crippen molar-refractivity contribution in [2.75, 3.05) is 38.3 Å². The Morgan fingerprint density at radius 3 is 1.52 bits per heavy atom. The largest absolute Gasteiger partial charge is 0.475 e. The van der Waals surface area contributed by atoms with Gasteiger partial charge in [0.05, 0.1) is 43.2 Å². The summed E-state index contributed by atoms with van der Waals surface area (Å²) >= 11 is 0. The predicted molar refractivity (Wildman–Crippen MR) is 150 cm³/mol. The standard InChI is InChI=1S/C24H47N3O11P2/c1-16(2)35-39(29,36-17(3)4)14-33-20(9)12-31-22-10-23(27-24(25)26-22)32-13-21(11-28)34-15-40(30,37-18(5)6)38-19(7)8/h10,16-21,28H,11-15H2,1-9H3,(H2,25,26,27)/t20-,21-/m1/s1. The molecule has 40 heavy (non-hydrogen) atoms. The number of aliphatic hydroxyl groups is 1. The van der Waals surface area contributed by atoms with Crippen LogP contribution in [0.4, 0.5) is 5.95 Å². The van der Waals surface area contributed by atoms with Crippen LogP contribution in [0.1, 0.15) is 62.3 Å². The van der Waals surface area contributed by atoms with Gasteiger partial charge in [-0.25, -0.2) is 0 Å². The molecule has 0 aliphatic heterocycles. The van der Waals surface area contributed by atoms with E-state index in [1.807, 2.05) is 0 Å². The zero-order valence-corrected chi connectivity index (χ0v) is 26.8. The lowest BCUT2D eigenvalue weighted by molar-refractivity contribution is -0.00613. The highest BCUT2D eigenvalue weighted by molar-refractivity contribution is 7.53. The first-order valence-electron chi connectivity index (χ1n) is 13.2. The number of anilines is 1. The molecular weight excluding hydrogens is 568 g/mol. The normalized spacial score (nSPS) is 14.3. The van der Waals surface area contributed by atoms with Gasteiger partial charge in [-0.2, -0.15) is 9.97 Å². The summed E-state index contributed by atoms with van der Waals surface area (Å²) in [6, 6.07) is 1.40. The number of rotatable bonds is 21. The number of aromatic nitrogens is 2. The molecule has 1 aromatic rings. The maximum absolute atomic E-state index is 13.0. The Labute approximate surface area is 237 Å². The van der Waals surface area contributed by atoms with E-state index in [0.717, 1.165) is 0 Å². The molecule has 1 rings (SSSR count). The number of nitrogens with two attached hydrogens (primary N) is 1. The first kappa shape index (κ1) is 36.7. The Hall–Kier alpha value is -1.34. The topological polar surface area (TPSA) is 180 Å². The molecule has 0 spiro atoms. The molecule has 0 aliphatic rings. The summed E-state index contributed by atoms with van der Waals surface area (Å²) in [6.07, 6.45) is -3.26. The molecule has 0 bridgehead atoms. The van der Waals surface area contributed by atoms with Crippen LogP contribution in [0.5, 0.6) is 11.8 Å². The number of nitrogen functional groups attached to an aromatic ring is 1. The van der Waals surface area contributed by atoms with Crippen LogP contribution in [0.15, 0.2) is 6.07 Å². The third-order valence-corrected chi connectivity index (χ3v) is 8.16. The van der Waals surface area contributed by atoms with Gasteiger partial charge in [0.1, 0.15) is 32.0 Å². The highest BCUT2D eigenvalue weighted by Crippen LogP contribution is 2.51. The summed E-state index contributed by atoms with van der Waals surface area (Å²) in [5.41, 5.74) is 5.79. The Morgan fingerprint density at radius 1 is 0.725 bits per heavy atom. The fourth-order valence-electron chi connectivity index (χ4n) is 3.02. The summed E-state index contributed by atoms with van der Waals surface area (Å²) < 4.78 is 70.2. The van der Waals surface area contributed by atoms with Crippen LogP contribution >= 0.6 is 15.2 Å². The van der Waals surface area contributed by atoms with Crippen LogP contribution in [0.2, 0.25) is 0 Å². The lowest BCUT2D eigenvalue weighted by Crippen LogP contribution is -2.27. The van der Waals surface area contributed by atoms with E-state index in [-0.39, 0.29) is 68.0 Å². The summed E-state index contributed by atoms with van der Waals surface area (Å²) in [5, 5.41) is 9.71. The van der Waals surface area contributed by atoms with Crippen molar-refractivity contribution in [3.05, 3.63) is 6.07 Å². The van der Waals surface area contributed by atoms with Crippen molar-refractivity contribution < 1.29 is 51.3 Å². The van der Waals surface area contributed by atoms with Crippen LogP contribution in [0, 0.1) is 0 Å². The molecule has 234 valence electrons. The molecule has 0 unspecified atom stereocenters. The van der Waals surface area contributed by atoms with Gasteiger partial charge in [0, 0.05) is 0 Å². The fourth-order valence-corrected chi connectivity index (χ4v) is 6.77. The van der Waals surface area contributed by atoms with E-state index in [9.17, 15) is 14.2 Å². The van der Waals surface area contributed by atoms with Crippen LogP contribution in [-0.4, -0.2) is 84.2 Å². The van der Waals surface area contributed by atoms with Crippen molar-refractivity contribution in [2.24, 2.45) is 0 Å². The van der Waals surface area contributed by atoms with Crippen molar-refractivity contribution in [3.8, 4) is 11.8 Å². The Kier molecular flexibility index (Phi) is 16.1. The zero-order valence-electron chi connectivity index (χ0n) is 25.0. The molecule has 0 saturated heterocycles. The van der Waals surface area contributed by atoms with Crippen molar-refractivity contribution in [1.29, 1.82) is 0 Å². The molecule has 1 heterocycles. The Balaban J connectivity index is 2.70. The third-order valence-electron chi connectivity index (χ3n) is 4.25. The van der Waals surface area contributed by atoms with Crippen LogP contribution in [-0.2, 0) is 36.7 Å². The van der Waals surface area contributed by atoms with Crippen molar-refractivity contribution >= 4 is 21.1 Å². The molecule has 16 heteroatoms. The molecule has 2 atom stereocenters. The SMILES string of the molecule is CC(C)OP(=O)(CO[C@H](CO)COc1cc(OC[C@@H](C)OCP(=O)(OC(C)C)OC(C)C)nc(N)n1)OC(C)C. The maximum Gasteiger partial charge on any atom is 0.356 e. The smallest absolute Gasteiger partial charge is 0.356 e. The predicted octanol–water partition coefficient (Wildman–Crippen LogP) is 4.60. The van der Waals surface area contributed by atoms with E-state index in [0.29, 0.717) is 0 Å². The minimum Gasteiger partial charge on any atom is -0.475 e. The van der Waals surface area contributed by atoms with E-state index >= 15 is 0 Å². The average molecular weight is 616 g/mol. The quantitative estimate of drug-likeness (QED) is 0.183. The first-order chi connectivity index (χ1) is 18.5. The van der Waals surface area contributed by atoms with Gasteiger partial charge in [0.15, 0.2) is 0 Å². The van der Waals surface area contributed by atoms with Crippen molar-refractivity contribution in [2.45, 2.75) is 98.9 Å². The lowest BCUT2D eigenvalue weighted by atomic mass is 10.4. The molecule has 0 amide bonds. The van der Waals surface area contributed by atoms with Crippen molar-refractivity contribution in [1.82, 2.24) is 9.97 Å². The van der Waals surface area contributed by atoms with Gasteiger partial charge in [-0.3, -0.25) is 9.13 Å². The molecule has 14 nitrogen and oxygen atoms in total. The molecule has 0 aromatic carbocycles. The van der Waals surface area contributed by atoms with E-state index in [4.69, 9.17) is 42.8 Å². The highest BCUT2D eigenvalue weighted by atomic mass is 31.2. The molecule has 1 aromatic heterocycles. The Morgan fingerprint density at radius 2 is 1.12 bits per heavy atom. The second kappa shape index (κ2) is 17.6. The van der Waals surface area contributed by atoms with Gasteiger partial charge in [-0.1, -0.05) is 0 Å². The third kappa shape index (κ3) is 15.6. The number of nitrogens with zero attached hydrogens (tertiary/aromatic N) is 2. The van der Waals surface area contributed by atoms with Gasteiger partial charge in [0.2, 0.25) is 17.7 Å². The molecule has 3 N–H and O–H groups in total. The number of ether oxygens (including phenoxy) is 4. The average Bonchev–Trinajstić information content (AvgIpc) is 2.79. The number of aliphatic hydroxyl groups excluding tert-OH is 1. The second-order valence-corrected chi connectivity index (χ2v) is 13.9. The van der Waals surface area contributed by atoms with Gasteiger partial charge >= 0.3 is 15.2 Å². The summed E-state index contributed by atoms with van der Waals surface area (Å²) in [4.78, 5) is 8.02. The maximum atomic E-state index is 13.0. The highest BCUT2D eigenvalue weighted by Gasteiger charge is 2.30. The number of hydrogen-bond donors (Lipinski definition) is 2. The first-order valence-corrected chi connectivity index (χ1v) is 16.7. The number of hydrogen-bond acceptors (Lipinski definition) is 14. The van der Waals surface area contributed by atoms with Crippen LogP contribution < -0.4 is 15.2 Å².